The Morgan fingerprint density at radius 2 is 2.18 bits per heavy atom. The van der Waals surface area contributed by atoms with Crippen molar-refractivity contribution >= 4 is 15.9 Å². The molecule has 2 rings (SSSR count). The molecule has 1 aliphatic heterocycles. The van der Waals surface area contributed by atoms with Gasteiger partial charge in [0, 0.05) is 13.0 Å². The summed E-state index contributed by atoms with van der Waals surface area (Å²) in [6.07, 6.45) is 1.07. The van der Waals surface area contributed by atoms with Crippen molar-refractivity contribution in [3.05, 3.63) is 35.6 Å². The number of rotatable bonds is 6. The quantitative estimate of drug-likeness (QED) is 0.866. The van der Waals surface area contributed by atoms with Crippen molar-refractivity contribution in [2.75, 3.05) is 12.4 Å². The number of amides is 1. The van der Waals surface area contributed by atoms with Gasteiger partial charge in [-0.2, -0.15) is 0 Å². The molecule has 1 amide bonds. The molecule has 0 aromatic heterocycles. The van der Waals surface area contributed by atoms with Crippen LogP contribution in [-0.4, -0.2) is 32.8 Å². The van der Waals surface area contributed by atoms with Crippen molar-refractivity contribution in [3.8, 4) is 0 Å². The smallest absolute Gasteiger partial charge is 0.237 e. The number of halogens is 1. The molecule has 2 unspecified atom stereocenters. The number of benzene rings is 1. The van der Waals surface area contributed by atoms with Gasteiger partial charge in [0.2, 0.25) is 15.9 Å². The van der Waals surface area contributed by atoms with Gasteiger partial charge >= 0.3 is 0 Å². The fourth-order valence-electron chi connectivity index (χ4n) is 2.54. The number of nitrogens with one attached hydrogen (secondary N) is 1. The molecule has 0 spiro atoms. The third-order valence-electron chi connectivity index (χ3n) is 3.63. The van der Waals surface area contributed by atoms with E-state index in [-0.39, 0.29) is 18.3 Å². The number of carbonyl (C=O) groups excluding carboxylic acids is 1. The van der Waals surface area contributed by atoms with E-state index in [9.17, 15) is 17.6 Å². The maximum Gasteiger partial charge on any atom is 0.237 e. The molecule has 1 N–H and O–H groups in total. The summed E-state index contributed by atoms with van der Waals surface area (Å²) >= 11 is 0. The van der Waals surface area contributed by atoms with Crippen LogP contribution in [0.1, 0.15) is 37.7 Å². The second-order valence-corrected chi connectivity index (χ2v) is 7.34. The van der Waals surface area contributed by atoms with Crippen molar-refractivity contribution < 1.29 is 22.3 Å². The first kappa shape index (κ1) is 16.9. The van der Waals surface area contributed by atoms with Crippen LogP contribution in [0, 0.1) is 5.82 Å². The molecule has 2 atom stereocenters. The monoisotopic (exact) mass is 329 g/mol. The Morgan fingerprint density at radius 3 is 2.82 bits per heavy atom. The molecule has 0 saturated carbocycles. The van der Waals surface area contributed by atoms with Crippen LogP contribution in [0.25, 0.3) is 0 Å². The number of hydrogen-bond acceptors (Lipinski definition) is 4. The highest BCUT2D eigenvalue weighted by Crippen LogP contribution is 2.22. The lowest BCUT2D eigenvalue weighted by Crippen LogP contribution is -2.36. The first-order valence-corrected chi connectivity index (χ1v) is 8.92. The van der Waals surface area contributed by atoms with Gasteiger partial charge in [-0.05, 0) is 30.4 Å². The third-order valence-corrected chi connectivity index (χ3v) is 4.98. The molecule has 1 heterocycles. The number of sulfonamides is 1. The van der Waals surface area contributed by atoms with E-state index in [4.69, 9.17) is 4.74 Å². The zero-order valence-electron chi connectivity index (χ0n) is 12.4. The highest BCUT2D eigenvalue weighted by atomic mass is 32.2. The minimum absolute atomic E-state index is 0.0916. The van der Waals surface area contributed by atoms with E-state index in [0.29, 0.717) is 18.6 Å². The molecule has 1 saturated heterocycles. The SMILES string of the molecule is CC(CC(=O)NS(=O)(=O)CC1CCCO1)c1ccccc1F. The second kappa shape index (κ2) is 7.19. The molecule has 7 heteroatoms. The van der Waals surface area contributed by atoms with Crippen LogP contribution in [-0.2, 0) is 19.6 Å². The summed E-state index contributed by atoms with van der Waals surface area (Å²) in [6, 6.07) is 6.16. The minimum atomic E-state index is -3.72. The Morgan fingerprint density at radius 1 is 1.45 bits per heavy atom. The zero-order valence-corrected chi connectivity index (χ0v) is 13.2. The first-order chi connectivity index (χ1) is 10.4. The summed E-state index contributed by atoms with van der Waals surface area (Å²) in [4.78, 5) is 11.9. The van der Waals surface area contributed by atoms with Gasteiger partial charge in [-0.1, -0.05) is 25.1 Å². The van der Waals surface area contributed by atoms with Crippen LogP contribution in [0.3, 0.4) is 0 Å². The molecule has 0 bridgehead atoms. The summed E-state index contributed by atoms with van der Waals surface area (Å²) in [5.41, 5.74) is 0.397. The first-order valence-electron chi connectivity index (χ1n) is 7.27. The topological polar surface area (TPSA) is 72.5 Å². The van der Waals surface area contributed by atoms with E-state index in [1.807, 2.05) is 4.72 Å². The van der Waals surface area contributed by atoms with Gasteiger partial charge in [-0.3, -0.25) is 9.52 Å². The van der Waals surface area contributed by atoms with Crippen LogP contribution in [0.2, 0.25) is 0 Å². The molecule has 0 radical (unpaired) electrons. The van der Waals surface area contributed by atoms with Crippen LogP contribution in [0.4, 0.5) is 4.39 Å². The summed E-state index contributed by atoms with van der Waals surface area (Å²) < 4.78 is 44.7. The van der Waals surface area contributed by atoms with Crippen LogP contribution in [0.15, 0.2) is 24.3 Å². The van der Waals surface area contributed by atoms with Gasteiger partial charge in [-0.25, -0.2) is 12.8 Å². The average molecular weight is 329 g/mol. The fourth-order valence-corrected chi connectivity index (χ4v) is 3.81. The predicted octanol–water partition coefficient (Wildman–Crippen LogP) is 1.94. The summed E-state index contributed by atoms with van der Waals surface area (Å²) in [5, 5.41) is 0. The van der Waals surface area contributed by atoms with E-state index in [0.717, 1.165) is 6.42 Å². The molecular weight excluding hydrogens is 309 g/mol. The van der Waals surface area contributed by atoms with Crippen LogP contribution < -0.4 is 4.72 Å². The molecule has 1 aromatic rings. The maximum absolute atomic E-state index is 13.6. The van der Waals surface area contributed by atoms with Gasteiger partial charge in [0.05, 0.1) is 11.9 Å². The van der Waals surface area contributed by atoms with E-state index < -0.39 is 27.7 Å². The highest BCUT2D eigenvalue weighted by Gasteiger charge is 2.25. The third kappa shape index (κ3) is 4.78. The van der Waals surface area contributed by atoms with E-state index in [2.05, 4.69) is 0 Å². The van der Waals surface area contributed by atoms with Gasteiger partial charge in [0.1, 0.15) is 5.82 Å². The van der Waals surface area contributed by atoms with E-state index in [1.54, 1.807) is 25.1 Å². The Bertz CT molecular complexity index is 626. The summed E-state index contributed by atoms with van der Waals surface area (Å²) in [5.74, 6) is -1.65. The van der Waals surface area contributed by atoms with Crippen molar-refractivity contribution in [2.45, 2.75) is 38.2 Å². The minimum Gasteiger partial charge on any atom is -0.377 e. The Labute approximate surface area is 129 Å². The Hall–Kier alpha value is -1.47. The lowest BCUT2D eigenvalue weighted by Gasteiger charge is -2.14. The van der Waals surface area contributed by atoms with Gasteiger partial charge in [0.15, 0.2) is 0 Å². The van der Waals surface area contributed by atoms with E-state index >= 15 is 0 Å². The molecular formula is C15H20FNO4S. The predicted molar refractivity (Wildman–Crippen MR) is 80.3 cm³/mol. The van der Waals surface area contributed by atoms with Crippen molar-refractivity contribution in [2.24, 2.45) is 0 Å². The lowest BCUT2D eigenvalue weighted by molar-refractivity contribution is -0.119. The van der Waals surface area contributed by atoms with Gasteiger partial charge in [0.25, 0.3) is 0 Å². The van der Waals surface area contributed by atoms with Crippen molar-refractivity contribution in [1.29, 1.82) is 0 Å². The molecule has 122 valence electrons. The van der Waals surface area contributed by atoms with Crippen molar-refractivity contribution in [1.82, 2.24) is 4.72 Å². The van der Waals surface area contributed by atoms with Crippen LogP contribution >= 0.6 is 0 Å². The second-order valence-electron chi connectivity index (χ2n) is 5.57. The molecule has 1 fully saturated rings. The molecule has 1 aromatic carbocycles. The Kier molecular flexibility index (Phi) is 5.52. The zero-order chi connectivity index (χ0) is 16.2. The lowest BCUT2D eigenvalue weighted by atomic mass is 9.97. The van der Waals surface area contributed by atoms with Crippen LogP contribution in [0.5, 0.6) is 0 Å². The molecule has 22 heavy (non-hydrogen) atoms. The summed E-state index contributed by atoms with van der Waals surface area (Å²) in [6.45, 7) is 2.24. The normalized spacial score (nSPS) is 19.8. The number of carbonyl (C=O) groups is 1. The molecule has 1 aliphatic rings. The number of ether oxygens (including phenoxy) is 1. The van der Waals surface area contributed by atoms with Crippen molar-refractivity contribution in [3.63, 3.8) is 0 Å². The highest BCUT2D eigenvalue weighted by molar-refractivity contribution is 7.90. The molecule has 0 aliphatic carbocycles. The van der Waals surface area contributed by atoms with Gasteiger partial charge in [-0.15, -0.1) is 0 Å². The van der Waals surface area contributed by atoms with E-state index in [1.165, 1.54) is 6.07 Å². The fraction of sp³-hybridized carbons (Fsp3) is 0.533. The summed E-state index contributed by atoms with van der Waals surface area (Å²) in [7, 11) is -3.72. The largest absolute Gasteiger partial charge is 0.377 e. The van der Waals surface area contributed by atoms with Gasteiger partial charge < -0.3 is 4.74 Å². The Balaban J connectivity index is 1.90. The maximum atomic E-state index is 13.6. The number of hydrogen-bond donors (Lipinski definition) is 1. The standard InChI is InChI=1S/C15H20FNO4S/c1-11(13-6-2-3-7-14(13)16)9-15(18)17-22(19,20)10-12-5-4-8-21-12/h2-3,6-7,11-12H,4-5,8-10H2,1H3,(H,17,18). The molecule has 5 nitrogen and oxygen atoms in total. The average Bonchev–Trinajstić information content (AvgIpc) is 2.90.